The van der Waals surface area contributed by atoms with E-state index in [-0.39, 0.29) is 0 Å². The van der Waals surface area contributed by atoms with Crippen LogP contribution in [0.25, 0.3) is 0 Å². The smallest absolute Gasteiger partial charge is 0.409 e. The summed E-state index contributed by atoms with van der Waals surface area (Å²) in [5.41, 5.74) is -1.04. The second-order valence-electron chi connectivity index (χ2n) is 3.50. The minimum atomic E-state index is -1.04. The molecular formula is C10H21NO3. The highest BCUT2D eigenvalue weighted by Crippen LogP contribution is 2.31. The van der Waals surface area contributed by atoms with Gasteiger partial charge >= 0.3 is 6.09 Å². The summed E-state index contributed by atoms with van der Waals surface area (Å²) in [6.45, 7) is 6.05. The molecule has 0 radical (unpaired) electrons. The molecule has 4 nitrogen and oxygen atoms in total. The lowest BCUT2D eigenvalue weighted by atomic mass is 10.1. The number of nitrogens with one attached hydrogen (secondary N) is 1. The van der Waals surface area contributed by atoms with Crippen molar-refractivity contribution < 1.29 is 14.6 Å². The Hall–Kier alpha value is -0.770. The molecule has 2 N–H and O–H groups in total. The molecule has 1 aliphatic carbocycles. The van der Waals surface area contributed by atoms with Crippen molar-refractivity contribution in [2.75, 3.05) is 7.11 Å². The van der Waals surface area contributed by atoms with Gasteiger partial charge in [-0.1, -0.05) is 20.8 Å². The van der Waals surface area contributed by atoms with Gasteiger partial charge in [-0.25, -0.2) is 4.79 Å². The van der Waals surface area contributed by atoms with E-state index in [2.05, 4.69) is 17.0 Å². The number of alkyl carbamates (subject to hydrolysis) is 1. The predicted molar refractivity (Wildman–Crippen MR) is 54.9 cm³/mol. The molecule has 0 saturated heterocycles. The predicted octanol–water partition coefficient (Wildman–Crippen LogP) is 1.88. The van der Waals surface area contributed by atoms with Crippen LogP contribution in [0.15, 0.2) is 0 Å². The van der Waals surface area contributed by atoms with Crippen LogP contribution in [-0.4, -0.2) is 24.0 Å². The number of ether oxygens (including phenoxy) is 1. The van der Waals surface area contributed by atoms with Gasteiger partial charge < -0.3 is 9.84 Å². The minimum Gasteiger partial charge on any atom is -0.453 e. The molecule has 1 amide bonds. The third-order valence-electron chi connectivity index (χ3n) is 2.26. The summed E-state index contributed by atoms with van der Waals surface area (Å²) in [6, 6.07) is 0. The van der Waals surface area contributed by atoms with E-state index in [1.165, 1.54) is 7.11 Å². The lowest BCUT2D eigenvalue weighted by molar-refractivity contribution is 0.0102. The molecule has 1 aliphatic rings. The van der Waals surface area contributed by atoms with E-state index in [0.717, 1.165) is 6.42 Å². The SMILES string of the molecule is CC.COC(=O)NC1(O)CCC(C)C1. The Morgan fingerprint density at radius 2 is 2.14 bits per heavy atom. The fourth-order valence-electron chi connectivity index (χ4n) is 1.62. The first-order chi connectivity index (χ1) is 6.56. The molecule has 0 aromatic heterocycles. The molecule has 0 spiro atoms. The van der Waals surface area contributed by atoms with Gasteiger partial charge in [-0.15, -0.1) is 0 Å². The van der Waals surface area contributed by atoms with Crippen LogP contribution in [0.3, 0.4) is 0 Å². The fraction of sp³-hybridized carbons (Fsp3) is 0.900. The molecule has 2 unspecified atom stereocenters. The second-order valence-corrected chi connectivity index (χ2v) is 3.50. The van der Waals surface area contributed by atoms with Gasteiger partial charge in [-0.2, -0.15) is 0 Å². The van der Waals surface area contributed by atoms with Crippen molar-refractivity contribution in [1.29, 1.82) is 0 Å². The van der Waals surface area contributed by atoms with E-state index in [1.807, 2.05) is 13.8 Å². The maximum Gasteiger partial charge on any atom is 0.409 e. The van der Waals surface area contributed by atoms with Gasteiger partial charge in [0, 0.05) is 0 Å². The van der Waals surface area contributed by atoms with E-state index in [4.69, 9.17) is 0 Å². The summed E-state index contributed by atoms with van der Waals surface area (Å²) in [5, 5.41) is 12.2. The summed E-state index contributed by atoms with van der Waals surface area (Å²) < 4.78 is 4.40. The van der Waals surface area contributed by atoms with Crippen LogP contribution >= 0.6 is 0 Å². The molecule has 0 aromatic carbocycles. The Labute approximate surface area is 85.6 Å². The fourth-order valence-corrected chi connectivity index (χ4v) is 1.62. The summed E-state index contributed by atoms with van der Waals surface area (Å²) in [7, 11) is 1.29. The number of carbonyl (C=O) groups excluding carboxylic acids is 1. The highest BCUT2D eigenvalue weighted by Gasteiger charge is 2.36. The lowest BCUT2D eigenvalue weighted by Gasteiger charge is -2.22. The van der Waals surface area contributed by atoms with Crippen LogP contribution in [0.2, 0.25) is 0 Å². The van der Waals surface area contributed by atoms with E-state index >= 15 is 0 Å². The zero-order valence-electron chi connectivity index (χ0n) is 9.46. The molecule has 84 valence electrons. The van der Waals surface area contributed by atoms with Crippen molar-refractivity contribution in [2.24, 2.45) is 5.92 Å². The van der Waals surface area contributed by atoms with E-state index in [9.17, 15) is 9.90 Å². The quantitative estimate of drug-likeness (QED) is 0.640. The van der Waals surface area contributed by atoms with Crippen LogP contribution in [0.1, 0.15) is 40.0 Å². The van der Waals surface area contributed by atoms with Crippen LogP contribution in [-0.2, 0) is 4.74 Å². The zero-order valence-corrected chi connectivity index (χ0v) is 9.46. The van der Waals surface area contributed by atoms with Crippen molar-refractivity contribution in [1.82, 2.24) is 5.32 Å². The first-order valence-electron chi connectivity index (χ1n) is 5.14. The molecule has 0 heterocycles. The molecule has 4 heteroatoms. The monoisotopic (exact) mass is 203 g/mol. The Bertz CT molecular complexity index is 184. The van der Waals surface area contributed by atoms with Crippen molar-refractivity contribution in [3.05, 3.63) is 0 Å². The van der Waals surface area contributed by atoms with Gasteiger partial charge in [-0.3, -0.25) is 5.32 Å². The third-order valence-corrected chi connectivity index (χ3v) is 2.26. The number of carbonyl (C=O) groups is 1. The number of hydrogen-bond donors (Lipinski definition) is 2. The van der Waals surface area contributed by atoms with Crippen molar-refractivity contribution in [3.63, 3.8) is 0 Å². The number of amides is 1. The van der Waals surface area contributed by atoms with Gasteiger partial charge in [0.05, 0.1) is 7.11 Å². The Kier molecular flexibility index (Phi) is 5.53. The number of aliphatic hydroxyl groups is 1. The Balaban J connectivity index is 0.000000791. The molecular weight excluding hydrogens is 182 g/mol. The molecule has 1 fully saturated rings. The topological polar surface area (TPSA) is 58.6 Å². The van der Waals surface area contributed by atoms with E-state index in [1.54, 1.807) is 0 Å². The second kappa shape index (κ2) is 5.86. The first kappa shape index (κ1) is 13.2. The Morgan fingerprint density at radius 1 is 1.57 bits per heavy atom. The molecule has 2 atom stereocenters. The van der Waals surface area contributed by atoms with Gasteiger partial charge in [0.25, 0.3) is 0 Å². The molecule has 14 heavy (non-hydrogen) atoms. The molecule has 1 rings (SSSR count). The van der Waals surface area contributed by atoms with Gasteiger partial charge in [0.1, 0.15) is 5.72 Å². The summed E-state index contributed by atoms with van der Waals surface area (Å²) >= 11 is 0. The van der Waals surface area contributed by atoms with Gasteiger partial charge in [0.2, 0.25) is 0 Å². The first-order valence-corrected chi connectivity index (χ1v) is 5.14. The van der Waals surface area contributed by atoms with Crippen LogP contribution in [0.5, 0.6) is 0 Å². The largest absolute Gasteiger partial charge is 0.453 e. The van der Waals surface area contributed by atoms with Crippen LogP contribution in [0, 0.1) is 5.92 Å². The highest BCUT2D eigenvalue weighted by molar-refractivity contribution is 5.67. The average Bonchev–Trinajstić information content (AvgIpc) is 2.49. The maximum absolute atomic E-state index is 10.8. The number of methoxy groups -OCH3 is 1. The number of rotatable bonds is 1. The average molecular weight is 203 g/mol. The maximum atomic E-state index is 10.8. The van der Waals surface area contributed by atoms with Gasteiger partial charge in [0.15, 0.2) is 0 Å². The Morgan fingerprint density at radius 3 is 2.50 bits per heavy atom. The molecule has 0 bridgehead atoms. The highest BCUT2D eigenvalue weighted by atomic mass is 16.5. The van der Waals surface area contributed by atoms with Crippen molar-refractivity contribution in [3.8, 4) is 0 Å². The summed E-state index contributed by atoms with van der Waals surface area (Å²) in [6.07, 6.45) is 1.61. The zero-order chi connectivity index (χ0) is 11.2. The van der Waals surface area contributed by atoms with Crippen LogP contribution in [0.4, 0.5) is 4.79 Å². The van der Waals surface area contributed by atoms with Crippen molar-refractivity contribution >= 4 is 6.09 Å². The molecule has 0 aromatic rings. The lowest BCUT2D eigenvalue weighted by Crippen LogP contribution is -2.46. The number of hydrogen-bond acceptors (Lipinski definition) is 3. The van der Waals surface area contributed by atoms with E-state index < -0.39 is 11.8 Å². The third kappa shape index (κ3) is 3.96. The summed E-state index contributed by atoms with van der Waals surface area (Å²) in [4.78, 5) is 10.8. The normalized spacial score (nSPS) is 30.2. The summed E-state index contributed by atoms with van der Waals surface area (Å²) in [5.74, 6) is 0.465. The van der Waals surface area contributed by atoms with Crippen LogP contribution < -0.4 is 5.32 Å². The molecule has 0 aliphatic heterocycles. The minimum absolute atomic E-state index is 0.465. The van der Waals surface area contributed by atoms with Crippen molar-refractivity contribution in [2.45, 2.75) is 45.8 Å². The van der Waals surface area contributed by atoms with Gasteiger partial charge in [-0.05, 0) is 25.2 Å². The standard InChI is InChI=1S/C8H15NO3.C2H6/c1-6-3-4-8(11,5-6)9-7(10)12-2;1-2/h6,11H,3-5H2,1-2H3,(H,9,10);1-2H3. The van der Waals surface area contributed by atoms with E-state index in [0.29, 0.717) is 18.8 Å². The molecule has 1 saturated carbocycles.